The largest absolute Gasteiger partial charge is 1.00 e. The van der Waals surface area contributed by atoms with Crippen LogP contribution in [0.3, 0.4) is 0 Å². The average Bonchev–Trinajstić information content (AvgIpc) is 2.65. The van der Waals surface area contributed by atoms with E-state index < -0.39 is 0 Å². The first-order chi connectivity index (χ1) is 12.7. The van der Waals surface area contributed by atoms with Crippen LogP contribution in [0.4, 0.5) is 0 Å². The van der Waals surface area contributed by atoms with E-state index in [4.69, 9.17) is 0 Å². The fourth-order valence-corrected chi connectivity index (χ4v) is 3.54. The second-order valence-corrected chi connectivity index (χ2v) is 7.62. The Bertz CT molecular complexity index is 418. The third-order valence-corrected chi connectivity index (χ3v) is 5.33. The molecule has 0 bridgehead atoms. The molecule has 1 aliphatic rings. The molecule has 0 aromatic carbocycles. The number of quaternary nitrogens is 1. The zero-order valence-corrected chi connectivity index (χ0v) is 17.9. The fraction of sp³-hybridized carbons (Fsp3) is 0.857. The first-order valence-corrected chi connectivity index (χ1v) is 10.8. The second kappa shape index (κ2) is 17.2. The minimum absolute atomic E-state index is 0. The summed E-state index contributed by atoms with van der Waals surface area (Å²) in [6, 6.07) is 0. The number of nitrogens with zero attached hydrogens (tertiary/aromatic N) is 1. The minimum atomic E-state index is -0.190. The highest BCUT2D eigenvalue weighted by Gasteiger charge is 2.30. The van der Waals surface area contributed by atoms with Gasteiger partial charge in [0.1, 0.15) is 13.1 Å². The number of hydrogen-bond acceptors (Lipinski definition) is 3. The summed E-state index contributed by atoms with van der Waals surface area (Å²) < 4.78 is 0. The van der Waals surface area contributed by atoms with Crippen molar-refractivity contribution < 1.29 is 31.7 Å². The van der Waals surface area contributed by atoms with Gasteiger partial charge >= 0.3 is 12.3 Å². The fourth-order valence-electron chi connectivity index (χ4n) is 3.54. The lowest BCUT2D eigenvalue weighted by Crippen LogP contribution is -3.16. The summed E-state index contributed by atoms with van der Waals surface area (Å²) in [5, 5.41) is 0. The molecule has 1 N–H and O–H groups in total. The van der Waals surface area contributed by atoms with E-state index in [1.807, 2.05) is 0 Å². The molecule has 6 heteroatoms. The van der Waals surface area contributed by atoms with Gasteiger partial charge in [-0.2, -0.15) is 0 Å². The third kappa shape index (κ3) is 12.2. The van der Waals surface area contributed by atoms with Crippen LogP contribution in [-0.4, -0.2) is 42.8 Å². The van der Waals surface area contributed by atoms with Crippen molar-refractivity contribution in [2.24, 2.45) is 0 Å². The van der Waals surface area contributed by atoms with Crippen molar-refractivity contribution in [1.82, 2.24) is 4.90 Å². The van der Waals surface area contributed by atoms with E-state index in [1.54, 1.807) is 4.90 Å². The predicted molar refractivity (Wildman–Crippen MR) is 104 cm³/mol. The molecule has 0 aliphatic carbocycles. The summed E-state index contributed by atoms with van der Waals surface area (Å²) in [4.78, 5) is 36.4. The molecule has 1 heterocycles. The van der Waals surface area contributed by atoms with Gasteiger partial charge in [0.2, 0.25) is 5.91 Å². The number of nitrogens with one attached hydrogen (secondary N) is 1. The molecule has 0 aromatic rings. The molecule has 5 nitrogen and oxygen atoms in total. The summed E-state index contributed by atoms with van der Waals surface area (Å²) in [6.07, 6.45) is 17.9. The Kier molecular flexibility index (Phi) is 16.6. The number of carbonyl (C=O) groups excluding carboxylic acids is 3. The van der Waals surface area contributed by atoms with E-state index in [9.17, 15) is 14.4 Å². The van der Waals surface area contributed by atoms with Crippen molar-refractivity contribution in [2.45, 2.75) is 96.8 Å². The number of piperazine rings is 1. The van der Waals surface area contributed by atoms with Gasteiger partial charge in [-0.25, -0.2) is 14.5 Å². The maximum atomic E-state index is 12.1. The molecule has 27 heavy (non-hydrogen) atoms. The Labute approximate surface area is 171 Å². The Hall–Kier alpha value is -0.940. The minimum Gasteiger partial charge on any atom is -1.00 e. The summed E-state index contributed by atoms with van der Waals surface area (Å²) in [5.74, 6) is -0.128. The monoisotopic (exact) mass is 402 g/mol. The molecule has 0 spiro atoms. The highest BCUT2D eigenvalue weighted by molar-refractivity contribution is 5.83. The van der Waals surface area contributed by atoms with Crippen LogP contribution < -0.4 is 17.3 Å². The first kappa shape index (κ1) is 26.1. The quantitative estimate of drug-likeness (QED) is 0.307. The summed E-state index contributed by atoms with van der Waals surface area (Å²) >= 11 is 0. The number of amides is 3. The van der Waals surface area contributed by atoms with Crippen LogP contribution in [0.25, 0.3) is 0 Å². The zero-order chi connectivity index (χ0) is 19.0. The van der Waals surface area contributed by atoms with Crippen LogP contribution in [0.15, 0.2) is 0 Å². The van der Waals surface area contributed by atoms with Gasteiger partial charge in [0, 0.05) is 6.42 Å². The molecule has 3 amide bonds. The van der Waals surface area contributed by atoms with Crippen LogP contribution in [-0.2, 0) is 14.4 Å². The Morgan fingerprint density at radius 3 is 1.85 bits per heavy atom. The molecular weight excluding hydrogens is 364 g/mol. The maximum absolute atomic E-state index is 12.1. The number of carbonyl (C=O) groups is 3. The molecule has 158 valence electrons. The van der Waals surface area contributed by atoms with Crippen LogP contribution >= 0.6 is 0 Å². The van der Waals surface area contributed by atoms with Crippen LogP contribution in [0.1, 0.15) is 96.8 Å². The van der Waals surface area contributed by atoms with Crippen molar-refractivity contribution in [2.75, 3.05) is 19.6 Å². The van der Waals surface area contributed by atoms with Gasteiger partial charge in [-0.05, 0) is 6.42 Å². The Balaban J connectivity index is 0.00000676. The van der Waals surface area contributed by atoms with Gasteiger partial charge in [-0.1, -0.05) is 84.0 Å². The van der Waals surface area contributed by atoms with Crippen molar-refractivity contribution in [1.29, 1.82) is 0 Å². The molecule has 1 unspecified atom stereocenters. The highest BCUT2D eigenvalue weighted by atomic mass is 35.5. The predicted octanol–water partition coefficient (Wildman–Crippen LogP) is -0.118. The lowest BCUT2D eigenvalue weighted by molar-refractivity contribution is -0.732. The van der Waals surface area contributed by atoms with Crippen LogP contribution in [0.5, 0.6) is 0 Å². The van der Waals surface area contributed by atoms with E-state index >= 15 is 0 Å². The number of rotatable bonds is 15. The molecule has 0 saturated carbocycles. The van der Waals surface area contributed by atoms with Gasteiger partial charge in [-0.15, -0.1) is 0 Å². The summed E-state index contributed by atoms with van der Waals surface area (Å²) in [5.41, 5.74) is 0. The zero-order valence-electron chi connectivity index (χ0n) is 17.1. The van der Waals surface area contributed by atoms with E-state index in [0.717, 1.165) is 12.8 Å². The van der Waals surface area contributed by atoms with E-state index in [2.05, 4.69) is 6.92 Å². The molecule has 1 saturated heterocycles. The van der Waals surface area contributed by atoms with Gasteiger partial charge in [0.05, 0.1) is 6.54 Å². The van der Waals surface area contributed by atoms with Crippen LogP contribution in [0.2, 0.25) is 0 Å². The molecule has 1 aliphatic heterocycles. The Morgan fingerprint density at radius 1 is 0.926 bits per heavy atom. The third-order valence-electron chi connectivity index (χ3n) is 5.33. The van der Waals surface area contributed by atoms with Gasteiger partial charge < -0.3 is 17.3 Å². The lowest BCUT2D eigenvalue weighted by atomic mass is 10.0. The number of halogens is 1. The molecule has 0 aromatic heterocycles. The molecular formula is C21H39ClN2O3. The van der Waals surface area contributed by atoms with Crippen molar-refractivity contribution >= 4 is 18.2 Å². The van der Waals surface area contributed by atoms with Crippen molar-refractivity contribution in [3.8, 4) is 0 Å². The highest BCUT2D eigenvalue weighted by Crippen LogP contribution is 2.13. The van der Waals surface area contributed by atoms with Gasteiger partial charge in [-0.3, -0.25) is 4.79 Å². The molecule has 1 rings (SSSR count). The van der Waals surface area contributed by atoms with E-state index in [-0.39, 0.29) is 30.8 Å². The van der Waals surface area contributed by atoms with Gasteiger partial charge in [0.25, 0.3) is 0 Å². The van der Waals surface area contributed by atoms with Crippen molar-refractivity contribution in [3.63, 3.8) is 0 Å². The number of unbranched alkanes of at least 4 members (excludes halogenated alkanes) is 12. The normalized spacial score (nSPS) is 16.9. The molecule has 0 radical (unpaired) electrons. The Morgan fingerprint density at radius 2 is 1.41 bits per heavy atom. The SMILES string of the molecule is CCCCCCCCCCCCCCCC(=O)N1CC[NH+](C=O)C(=O)C1.[Cl-]. The van der Waals surface area contributed by atoms with Crippen molar-refractivity contribution in [3.05, 3.63) is 0 Å². The van der Waals surface area contributed by atoms with Gasteiger partial charge in [0.15, 0.2) is 0 Å². The molecule has 1 fully saturated rings. The molecule has 1 atom stereocenters. The topological polar surface area (TPSA) is 58.9 Å². The number of imide groups is 1. The standard InChI is InChI=1S/C21H38N2O3.ClH/c1-2-3-4-5-6-7-8-9-10-11-12-13-14-15-20(25)22-16-17-23(19-24)21(26)18-22;/h19H,2-18H2,1H3;1H. The maximum Gasteiger partial charge on any atom is 0.338 e. The second-order valence-electron chi connectivity index (χ2n) is 7.62. The van der Waals surface area contributed by atoms with E-state index in [1.165, 1.54) is 70.6 Å². The first-order valence-electron chi connectivity index (χ1n) is 10.8. The summed E-state index contributed by atoms with van der Waals surface area (Å²) in [6.45, 7) is 3.27. The smallest absolute Gasteiger partial charge is 0.338 e. The summed E-state index contributed by atoms with van der Waals surface area (Å²) in [7, 11) is 0. The lowest BCUT2D eigenvalue weighted by Gasteiger charge is -2.27. The van der Waals surface area contributed by atoms with Crippen LogP contribution in [0, 0.1) is 0 Å². The average molecular weight is 403 g/mol. The number of hydrogen-bond donors (Lipinski definition) is 1. The van der Waals surface area contributed by atoms with E-state index in [0.29, 0.717) is 30.8 Å².